The molecular weight excluding hydrogens is 241 g/mol. The zero-order valence-corrected chi connectivity index (χ0v) is 11.0. The lowest BCUT2D eigenvalue weighted by atomic mass is 9.91. The lowest BCUT2D eigenvalue weighted by molar-refractivity contribution is 0.132. The first kappa shape index (κ1) is 11.5. The Morgan fingerprint density at radius 2 is 2.00 bits per heavy atom. The minimum atomic E-state index is -0.139. The predicted molar refractivity (Wildman–Crippen MR) is 72.8 cm³/mol. The van der Waals surface area contributed by atoms with E-state index >= 15 is 0 Å². The summed E-state index contributed by atoms with van der Waals surface area (Å²) in [6.45, 7) is 2.10. The fourth-order valence-corrected chi connectivity index (χ4v) is 3.41. The van der Waals surface area contributed by atoms with Crippen molar-refractivity contribution < 1.29 is 8.81 Å². The van der Waals surface area contributed by atoms with E-state index in [0.717, 1.165) is 43.3 Å². The first-order valence-corrected chi connectivity index (χ1v) is 7.26. The average Bonchev–Trinajstić information content (AvgIpc) is 2.59. The van der Waals surface area contributed by atoms with E-state index in [0.29, 0.717) is 11.0 Å². The van der Waals surface area contributed by atoms with E-state index in [-0.39, 0.29) is 5.82 Å². The summed E-state index contributed by atoms with van der Waals surface area (Å²) < 4.78 is 19.9. The van der Waals surface area contributed by atoms with Crippen molar-refractivity contribution in [2.75, 3.05) is 13.1 Å². The monoisotopic (exact) mass is 259 g/mol. The number of fused-ring (bicyclic) bond motifs is 3. The Bertz CT molecular complexity index is 614. The van der Waals surface area contributed by atoms with Crippen molar-refractivity contribution in [1.29, 1.82) is 0 Å². The second-order valence-electron chi connectivity index (χ2n) is 5.74. The standard InChI is InChI=1S/C16H18FNO/c17-13-5-2-6-15-16(13)12-7-9-18(11-3-1-4-11)10-8-14(12)19-15/h2,5-6,11H,1,3-4,7-10H2. The molecule has 4 rings (SSSR count). The van der Waals surface area contributed by atoms with Crippen molar-refractivity contribution in [2.24, 2.45) is 0 Å². The minimum absolute atomic E-state index is 0.139. The molecule has 100 valence electrons. The Labute approximate surface area is 112 Å². The molecule has 1 saturated carbocycles. The molecule has 1 aromatic carbocycles. The predicted octanol–water partition coefficient (Wildman–Crippen LogP) is 3.53. The molecule has 0 unspecified atom stereocenters. The normalized spacial score (nSPS) is 21.1. The molecule has 1 aromatic heterocycles. The third-order valence-corrected chi connectivity index (χ3v) is 4.71. The van der Waals surface area contributed by atoms with Crippen molar-refractivity contribution in [1.82, 2.24) is 4.90 Å². The summed E-state index contributed by atoms with van der Waals surface area (Å²) in [5, 5.41) is 0.716. The van der Waals surface area contributed by atoms with Crippen molar-refractivity contribution in [3.63, 3.8) is 0 Å². The SMILES string of the molecule is Fc1cccc2oc3c(c12)CCN(C1CCC1)CC3. The van der Waals surface area contributed by atoms with Crippen LogP contribution in [0.2, 0.25) is 0 Å². The second kappa shape index (κ2) is 4.34. The maximum Gasteiger partial charge on any atom is 0.137 e. The largest absolute Gasteiger partial charge is 0.461 e. The summed E-state index contributed by atoms with van der Waals surface area (Å²) in [6.07, 6.45) is 5.86. The van der Waals surface area contributed by atoms with E-state index in [1.165, 1.54) is 25.3 Å². The molecule has 1 fully saturated rings. The van der Waals surface area contributed by atoms with E-state index < -0.39 is 0 Å². The van der Waals surface area contributed by atoms with Gasteiger partial charge in [0.2, 0.25) is 0 Å². The topological polar surface area (TPSA) is 16.4 Å². The first-order valence-electron chi connectivity index (χ1n) is 7.26. The Hall–Kier alpha value is -1.35. The number of halogens is 1. The molecule has 3 heteroatoms. The van der Waals surface area contributed by atoms with Crippen LogP contribution < -0.4 is 0 Å². The molecule has 0 radical (unpaired) electrons. The molecule has 0 atom stereocenters. The Kier molecular flexibility index (Phi) is 2.62. The van der Waals surface area contributed by atoms with Crippen LogP contribution in [0.3, 0.4) is 0 Å². The summed E-state index contributed by atoms with van der Waals surface area (Å²) in [6, 6.07) is 5.89. The van der Waals surface area contributed by atoms with Crippen LogP contribution >= 0.6 is 0 Å². The van der Waals surface area contributed by atoms with Crippen LogP contribution in [0.25, 0.3) is 11.0 Å². The molecule has 2 nitrogen and oxygen atoms in total. The number of furan rings is 1. The molecule has 1 aliphatic carbocycles. The second-order valence-corrected chi connectivity index (χ2v) is 5.74. The van der Waals surface area contributed by atoms with Crippen LogP contribution in [0.5, 0.6) is 0 Å². The summed E-state index contributed by atoms with van der Waals surface area (Å²) >= 11 is 0. The quantitative estimate of drug-likeness (QED) is 0.779. The van der Waals surface area contributed by atoms with Gasteiger partial charge < -0.3 is 4.42 Å². The summed E-state index contributed by atoms with van der Waals surface area (Å²) in [5.41, 5.74) is 1.82. The van der Waals surface area contributed by atoms with Crippen molar-refractivity contribution in [2.45, 2.75) is 38.1 Å². The van der Waals surface area contributed by atoms with E-state index in [1.54, 1.807) is 6.07 Å². The van der Waals surface area contributed by atoms with Crippen LogP contribution in [0.1, 0.15) is 30.6 Å². The molecule has 0 N–H and O–H groups in total. The van der Waals surface area contributed by atoms with Crippen molar-refractivity contribution in [3.8, 4) is 0 Å². The van der Waals surface area contributed by atoms with Crippen molar-refractivity contribution >= 4 is 11.0 Å². The third-order valence-electron chi connectivity index (χ3n) is 4.71. The van der Waals surface area contributed by atoms with Crippen LogP contribution in [0.4, 0.5) is 4.39 Å². The van der Waals surface area contributed by atoms with Gasteiger partial charge in [-0.15, -0.1) is 0 Å². The molecule has 2 aliphatic rings. The maximum atomic E-state index is 14.0. The fraction of sp³-hybridized carbons (Fsp3) is 0.500. The van der Waals surface area contributed by atoms with Crippen LogP contribution in [-0.4, -0.2) is 24.0 Å². The number of hydrogen-bond acceptors (Lipinski definition) is 2. The zero-order valence-electron chi connectivity index (χ0n) is 11.0. The van der Waals surface area contributed by atoms with Gasteiger partial charge in [-0.3, -0.25) is 4.90 Å². The highest BCUT2D eigenvalue weighted by molar-refractivity contribution is 5.83. The summed E-state index contributed by atoms with van der Waals surface area (Å²) in [7, 11) is 0. The molecule has 2 heterocycles. The van der Waals surface area contributed by atoms with E-state index in [4.69, 9.17) is 4.42 Å². The van der Waals surface area contributed by atoms with Gasteiger partial charge in [0.1, 0.15) is 17.2 Å². The van der Waals surface area contributed by atoms with Gasteiger partial charge in [-0.2, -0.15) is 0 Å². The minimum Gasteiger partial charge on any atom is -0.461 e. The highest BCUT2D eigenvalue weighted by Crippen LogP contribution is 2.33. The molecule has 19 heavy (non-hydrogen) atoms. The third kappa shape index (κ3) is 1.79. The van der Waals surface area contributed by atoms with Crippen LogP contribution in [0, 0.1) is 5.82 Å². The molecule has 0 saturated heterocycles. The number of rotatable bonds is 1. The summed E-state index contributed by atoms with van der Waals surface area (Å²) in [4.78, 5) is 2.56. The Morgan fingerprint density at radius 1 is 1.16 bits per heavy atom. The smallest absolute Gasteiger partial charge is 0.137 e. The molecular formula is C16H18FNO. The zero-order chi connectivity index (χ0) is 12.8. The lowest BCUT2D eigenvalue weighted by Crippen LogP contribution is -2.41. The van der Waals surface area contributed by atoms with Gasteiger partial charge in [0, 0.05) is 31.1 Å². The molecule has 0 amide bonds. The lowest BCUT2D eigenvalue weighted by Gasteiger charge is -2.36. The van der Waals surface area contributed by atoms with Crippen LogP contribution in [-0.2, 0) is 12.8 Å². The highest BCUT2D eigenvalue weighted by Gasteiger charge is 2.28. The van der Waals surface area contributed by atoms with Gasteiger partial charge in [-0.25, -0.2) is 4.39 Å². The van der Waals surface area contributed by atoms with Crippen molar-refractivity contribution in [3.05, 3.63) is 35.3 Å². The van der Waals surface area contributed by atoms with E-state index in [2.05, 4.69) is 4.90 Å². The van der Waals surface area contributed by atoms with Gasteiger partial charge in [0.25, 0.3) is 0 Å². The molecule has 2 aromatic rings. The van der Waals surface area contributed by atoms with Crippen LogP contribution in [0.15, 0.2) is 22.6 Å². The molecule has 1 aliphatic heterocycles. The van der Waals surface area contributed by atoms with Gasteiger partial charge in [0.15, 0.2) is 0 Å². The average molecular weight is 259 g/mol. The van der Waals surface area contributed by atoms with Gasteiger partial charge in [0.05, 0.1) is 5.39 Å². The Morgan fingerprint density at radius 3 is 2.79 bits per heavy atom. The van der Waals surface area contributed by atoms with Gasteiger partial charge in [-0.05, 0) is 31.4 Å². The molecule has 0 spiro atoms. The number of nitrogens with zero attached hydrogens (tertiary/aromatic N) is 1. The fourth-order valence-electron chi connectivity index (χ4n) is 3.41. The number of hydrogen-bond donors (Lipinski definition) is 0. The maximum absolute atomic E-state index is 14.0. The van der Waals surface area contributed by atoms with Gasteiger partial charge >= 0.3 is 0 Å². The van der Waals surface area contributed by atoms with E-state index in [1.807, 2.05) is 6.07 Å². The number of benzene rings is 1. The van der Waals surface area contributed by atoms with E-state index in [9.17, 15) is 4.39 Å². The highest BCUT2D eigenvalue weighted by atomic mass is 19.1. The summed E-state index contributed by atoms with van der Waals surface area (Å²) in [5.74, 6) is 0.863. The Balaban J connectivity index is 1.69. The first-order chi connectivity index (χ1) is 9.33. The van der Waals surface area contributed by atoms with Gasteiger partial charge in [-0.1, -0.05) is 12.5 Å². The molecule has 0 bridgehead atoms.